The van der Waals surface area contributed by atoms with Gasteiger partial charge in [0.2, 0.25) is 10.0 Å². The van der Waals surface area contributed by atoms with Gasteiger partial charge in [0.1, 0.15) is 5.82 Å². The largest absolute Gasteiger partial charge is 0.349 e. The molecular formula is C13H17FN2O3S. The smallest absolute Gasteiger partial charge is 0.251 e. The maximum Gasteiger partial charge on any atom is 0.251 e. The number of nitrogens with one attached hydrogen (secondary N) is 1. The lowest BCUT2D eigenvalue weighted by Gasteiger charge is -2.10. The van der Waals surface area contributed by atoms with E-state index in [0.29, 0.717) is 0 Å². The van der Waals surface area contributed by atoms with Crippen LogP contribution < -0.4 is 10.5 Å². The van der Waals surface area contributed by atoms with Gasteiger partial charge in [-0.05, 0) is 30.9 Å². The van der Waals surface area contributed by atoms with Crippen LogP contribution in [0, 0.1) is 18.2 Å². The molecule has 2 rings (SSSR count). The minimum Gasteiger partial charge on any atom is -0.349 e. The molecule has 1 fully saturated rings. The van der Waals surface area contributed by atoms with Crippen LogP contribution >= 0.6 is 0 Å². The summed E-state index contributed by atoms with van der Waals surface area (Å²) >= 11 is 0. The second-order valence-corrected chi connectivity index (χ2v) is 7.37. The molecule has 0 radical (unpaired) electrons. The normalized spacial score (nSPS) is 20.6. The standard InChI is InChI=1S/C13H17FN2O3S/c1-7-9(14)4-8(5-10(7)20(15,18)19)12(17)16-11-6-13(11,2)3/h4-5,11H,6H2,1-3H3,(H,16,17)(H2,15,18,19). The molecule has 0 heterocycles. The first-order valence-electron chi connectivity index (χ1n) is 6.16. The van der Waals surface area contributed by atoms with Crippen molar-refractivity contribution in [2.45, 2.75) is 38.1 Å². The van der Waals surface area contributed by atoms with E-state index in [1.165, 1.54) is 6.92 Å². The van der Waals surface area contributed by atoms with Crippen molar-refractivity contribution in [3.05, 3.63) is 29.1 Å². The summed E-state index contributed by atoms with van der Waals surface area (Å²) in [4.78, 5) is 11.6. The number of hydrogen-bond acceptors (Lipinski definition) is 3. The van der Waals surface area contributed by atoms with Gasteiger partial charge in [0.05, 0.1) is 4.90 Å². The maximum absolute atomic E-state index is 13.7. The molecule has 7 heteroatoms. The summed E-state index contributed by atoms with van der Waals surface area (Å²) in [5, 5.41) is 7.77. The van der Waals surface area contributed by atoms with Gasteiger partial charge in [0.15, 0.2) is 0 Å². The molecule has 20 heavy (non-hydrogen) atoms. The summed E-state index contributed by atoms with van der Waals surface area (Å²) in [6.07, 6.45) is 0.842. The van der Waals surface area contributed by atoms with Crippen LogP contribution in [0.25, 0.3) is 0 Å². The van der Waals surface area contributed by atoms with E-state index in [4.69, 9.17) is 5.14 Å². The Kier molecular flexibility index (Phi) is 3.38. The molecule has 0 bridgehead atoms. The Labute approximate surface area is 117 Å². The van der Waals surface area contributed by atoms with Crippen LogP contribution in [0.3, 0.4) is 0 Å². The van der Waals surface area contributed by atoms with Crippen LogP contribution in [0.15, 0.2) is 17.0 Å². The Morgan fingerprint density at radius 3 is 2.45 bits per heavy atom. The molecule has 0 aliphatic heterocycles. The molecule has 0 spiro atoms. The molecule has 3 N–H and O–H groups in total. The third-order valence-electron chi connectivity index (χ3n) is 3.68. The Morgan fingerprint density at radius 1 is 1.45 bits per heavy atom. The van der Waals surface area contributed by atoms with Gasteiger partial charge < -0.3 is 5.32 Å². The van der Waals surface area contributed by atoms with E-state index in [2.05, 4.69) is 5.32 Å². The quantitative estimate of drug-likeness (QED) is 0.882. The van der Waals surface area contributed by atoms with Crippen molar-refractivity contribution in [2.75, 3.05) is 0 Å². The van der Waals surface area contributed by atoms with Gasteiger partial charge in [-0.25, -0.2) is 17.9 Å². The fourth-order valence-corrected chi connectivity index (χ4v) is 2.85. The van der Waals surface area contributed by atoms with Crippen molar-refractivity contribution >= 4 is 15.9 Å². The maximum atomic E-state index is 13.7. The first-order valence-corrected chi connectivity index (χ1v) is 7.71. The SMILES string of the molecule is Cc1c(F)cc(C(=O)NC2CC2(C)C)cc1S(N)(=O)=O. The first kappa shape index (κ1) is 14.9. The highest BCUT2D eigenvalue weighted by Gasteiger charge is 2.46. The van der Waals surface area contributed by atoms with Gasteiger partial charge in [-0.1, -0.05) is 13.8 Å². The van der Waals surface area contributed by atoms with Gasteiger partial charge in [-0.2, -0.15) is 0 Å². The zero-order valence-electron chi connectivity index (χ0n) is 11.5. The lowest BCUT2D eigenvalue weighted by molar-refractivity contribution is 0.0945. The number of carbonyl (C=O) groups is 1. The molecule has 1 aromatic carbocycles. The number of primary sulfonamides is 1. The summed E-state index contributed by atoms with van der Waals surface area (Å²) in [6, 6.07) is 2.16. The lowest BCUT2D eigenvalue weighted by Crippen LogP contribution is -2.29. The molecular weight excluding hydrogens is 283 g/mol. The molecule has 1 unspecified atom stereocenters. The summed E-state index contributed by atoms with van der Waals surface area (Å²) in [5.74, 6) is -1.26. The molecule has 5 nitrogen and oxygen atoms in total. The van der Waals surface area contributed by atoms with Gasteiger partial charge >= 0.3 is 0 Å². The van der Waals surface area contributed by atoms with E-state index in [0.717, 1.165) is 18.6 Å². The van der Waals surface area contributed by atoms with Gasteiger partial charge in [-0.15, -0.1) is 0 Å². The number of hydrogen-bond donors (Lipinski definition) is 2. The van der Waals surface area contributed by atoms with Crippen molar-refractivity contribution in [1.82, 2.24) is 5.32 Å². The highest BCUT2D eigenvalue weighted by molar-refractivity contribution is 7.89. The number of sulfonamides is 1. The zero-order valence-corrected chi connectivity index (χ0v) is 12.3. The Morgan fingerprint density at radius 2 is 2.00 bits per heavy atom. The van der Waals surface area contributed by atoms with Crippen molar-refractivity contribution in [3.63, 3.8) is 0 Å². The molecule has 1 amide bonds. The number of halogens is 1. The third-order valence-corrected chi connectivity index (χ3v) is 4.72. The van der Waals surface area contributed by atoms with Crippen LogP contribution in [0.2, 0.25) is 0 Å². The van der Waals surface area contributed by atoms with E-state index in [9.17, 15) is 17.6 Å². The number of carbonyl (C=O) groups excluding carboxylic acids is 1. The summed E-state index contributed by atoms with van der Waals surface area (Å²) in [7, 11) is -4.07. The minimum atomic E-state index is -4.07. The van der Waals surface area contributed by atoms with Crippen molar-refractivity contribution < 1.29 is 17.6 Å². The van der Waals surface area contributed by atoms with Crippen molar-refractivity contribution in [2.24, 2.45) is 10.6 Å². The second kappa shape index (κ2) is 4.53. The Hall–Kier alpha value is -1.47. The fraction of sp³-hybridized carbons (Fsp3) is 0.462. The number of benzene rings is 1. The van der Waals surface area contributed by atoms with E-state index >= 15 is 0 Å². The van der Waals surface area contributed by atoms with E-state index in [-0.39, 0.29) is 27.5 Å². The molecule has 1 aromatic rings. The molecule has 1 aliphatic carbocycles. The monoisotopic (exact) mass is 300 g/mol. The summed E-state index contributed by atoms with van der Waals surface area (Å²) in [5.41, 5.74) is -0.0996. The highest BCUT2D eigenvalue weighted by Crippen LogP contribution is 2.44. The first-order chi connectivity index (χ1) is 9.02. The minimum absolute atomic E-state index is 0.0253. The fourth-order valence-electron chi connectivity index (χ4n) is 2.04. The predicted molar refractivity (Wildman–Crippen MR) is 72.2 cm³/mol. The number of amides is 1. The van der Waals surface area contributed by atoms with Gasteiger partial charge in [0.25, 0.3) is 5.91 Å². The highest BCUT2D eigenvalue weighted by atomic mass is 32.2. The van der Waals surface area contributed by atoms with Crippen LogP contribution in [0.1, 0.15) is 36.2 Å². The van der Waals surface area contributed by atoms with E-state index in [1.54, 1.807) is 0 Å². The summed E-state index contributed by atoms with van der Waals surface area (Å²) in [6.45, 7) is 5.31. The third kappa shape index (κ3) is 2.83. The topological polar surface area (TPSA) is 89.3 Å². The number of nitrogens with two attached hydrogens (primary N) is 1. The van der Waals surface area contributed by atoms with E-state index in [1.807, 2.05) is 13.8 Å². The van der Waals surface area contributed by atoms with Gasteiger partial charge in [-0.3, -0.25) is 4.79 Å². The van der Waals surface area contributed by atoms with Crippen LogP contribution in [0.4, 0.5) is 4.39 Å². The average Bonchev–Trinajstić information content (AvgIpc) is 2.87. The van der Waals surface area contributed by atoms with Gasteiger partial charge in [0, 0.05) is 17.2 Å². The molecule has 1 saturated carbocycles. The molecule has 1 aliphatic rings. The molecule has 0 saturated heterocycles. The van der Waals surface area contributed by atoms with Crippen LogP contribution in [0.5, 0.6) is 0 Å². The molecule has 110 valence electrons. The van der Waals surface area contributed by atoms with Crippen molar-refractivity contribution in [3.8, 4) is 0 Å². The lowest BCUT2D eigenvalue weighted by atomic mass is 10.1. The average molecular weight is 300 g/mol. The van der Waals surface area contributed by atoms with Crippen LogP contribution in [-0.4, -0.2) is 20.4 Å². The second-order valence-electron chi connectivity index (χ2n) is 5.84. The molecule has 1 atom stereocenters. The number of rotatable bonds is 3. The van der Waals surface area contributed by atoms with Crippen molar-refractivity contribution in [1.29, 1.82) is 0 Å². The summed E-state index contributed by atoms with van der Waals surface area (Å²) < 4.78 is 36.5. The Balaban J connectivity index is 2.34. The molecule has 0 aromatic heterocycles. The van der Waals surface area contributed by atoms with E-state index < -0.39 is 21.7 Å². The predicted octanol–water partition coefficient (Wildman–Crippen LogP) is 1.31. The Bertz CT molecular complexity index is 683. The van der Waals surface area contributed by atoms with Crippen LogP contribution in [-0.2, 0) is 10.0 Å². The zero-order chi connectivity index (χ0) is 15.3.